The van der Waals surface area contributed by atoms with Gasteiger partial charge in [-0.1, -0.05) is 31.5 Å². The summed E-state index contributed by atoms with van der Waals surface area (Å²) in [5.41, 5.74) is 1.31. The Morgan fingerprint density at radius 3 is 2.41 bits per heavy atom. The van der Waals surface area contributed by atoms with Gasteiger partial charge in [-0.05, 0) is 43.2 Å². The lowest BCUT2D eigenvalue weighted by Crippen LogP contribution is -2.17. The van der Waals surface area contributed by atoms with E-state index in [1.807, 2.05) is 20.8 Å². The maximum atomic E-state index is 12.6. The highest BCUT2D eigenvalue weighted by Crippen LogP contribution is 2.36. The molecular weight excluding hydrogens is 396 g/mol. The second-order valence-corrected chi connectivity index (χ2v) is 6.98. The zero-order valence-electron chi connectivity index (χ0n) is 16.9. The van der Waals surface area contributed by atoms with Crippen LogP contribution in [0.4, 0.5) is 16.2 Å². The van der Waals surface area contributed by atoms with Crippen LogP contribution in [0.1, 0.15) is 31.1 Å². The first-order valence-corrected chi connectivity index (χ1v) is 9.57. The summed E-state index contributed by atoms with van der Waals surface area (Å²) in [7, 11) is 1.48. The fourth-order valence-corrected chi connectivity index (χ4v) is 2.67. The van der Waals surface area contributed by atoms with E-state index in [1.165, 1.54) is 13.2 Å². The number of rotatable bonds is 8. The number of anilines is 2. The molecule has 7 nitrogen and oxygen atoms in total. The van der Waals surface area contributed by atoms with Gasteiger partial charge in [-0.25, -0.2) is 4.79 Å². The quantitative estimate of drug-likeness (QED) is 0.612. The second kappa shape index (κ2) is 10.6. The molecule has 0 aromatic heterocycles. The molecule has 0 fully saturated rings. The van der Waals surface area contributed by atoms with Crippen molar-refractivity contribution in [3.8, 4) is 11.5 Å². The van der Waals surface area contributed by atoms with Gasteiger partial charge in [0.1, 0.15) is 0 Å². The molecule has 0 aliphatic heterocycles. The molecule has 0 radical (unpaired) electrons. The highest BCUT2D eigenvalue weighted by molar-refractivity contribution is 6.32. The first-order chi connectivity index (χ1) is 13.8. The predicted molar refractivity (Wildman–Crippen MR) is 113 cm³/mol. The van der Waals surface area contributed by atoms with Gasteiger partial charge < -0.3 is 19.5 Å². The van der Waals surface area contributed by atoms with Crippen molar-refractivity contribution >= 4 is 35.0 Å². The number of halogens is 1. The van der Waals surface area contributed by atoms with Crippen molar-refractivity contribution in [2.75, 3.05) is 31.0 Å². The lowest BCUT2D eigenvalue weighted by molar-refractivity contribution is 0.102. The Bertz CT molecular complexity index is 870. The minimum Gasteiger partial charge on any atom is -0.493 e. The largest absolute Gasteiger partial charge is 0.493 e. The third-order valence-corrected chi connectivity index (χ3v) is 3.98. The minimum atomic E-state index is -0.551. The highest BCUT2D eigenvalue weighted by Gasteiger charge is 2.16. The van der Waals surface area contributed by atoms with Crippen LogP contribution >= 0.6 is 11.6 Å². The molecule has 0 spiro atoms. The van der Waals surface area contributed by atoms with E-state index in [2.05, 4.69) is 10.6 Å². The smallest absolute Gasteiger partial charge is 0.411 e. The second-order valence-electron chi connectivity index (χ2n) is 6.57. The van der Waals surface area contributed by atoms with Crippen LogP contribution < -0.4 is 20.1 Å². The number of carbonyl (C=O) groups is 2. The van der Waals surface area contributed by atoms with E-state index in [0.717, 1.165) is 0 Å². The molecule has 8 heteroatoms. The van der Waals surface area contributed by atoms with E-state index >= 15 is 0 Å². The Hall–Kier alpha value is -2.93. The number of hydrogen-bond donors (Lipinski definition) is 2. The molecule has 0 aliphatic rings. The fraction of sp³-hybridized carbons (Fsp3) is 0.333. The fourth-order valence-electron chi connectivity index (χ4n) is 2.41. The molecule has 0 heterocycles. The Morgan fingerprint density at radius 2 is 1.79 bits per heavy atom. The number of amides is 2. The molecular formula is C21H25ClN2O5. The molecule has 0 aliphatic carbocycles. The zero-order valence-corrected chi connectivity index (χ0v) is 17.6. The molecule has 0 atom stereocenters. The van der Waals surface area contributed by atoms with Crippen LogP contribution in [0.15, 0.2) is 36.4 Å². The number of benzene rings is 2. The average molecular weight is 421 g/mol. The monoisotopic (exact) mass is 420 g/mol. The van der Waals surface area contributed by atoms with Crippen molar-refractivity contribution in [2.45, 2.75) is 20.8 Å². The van der Waals surface area contributed by atoms with Crippen molar-refractivity contribution in [1.82, 2.24) is 0 Å². The summed E-state index contributed by atoms with van der Waals surface area (Å²) in [5, 5.41) is 5.67. The first-order valence-electron chi connectivity index (χ1n) is 9.19. The summed E-state index contributed by atoms with van der Waals surface area (Å²) in [6.45, 7) is 6.47. The summed E-state index contributed by atoms with van der Waals surface area (Å²) < 4.78 is 15.8. The van der Waals surface area contributed by atoms with Crippen molar-refractivity contribution in [3.05, 3.63) is 47.0 Å². The standard InChI is InChI=1S/C21H25ClN2O5/c1-5-28-19-17(22)9-14(10-18(19)27-4)20(25)23-15-7-6-8-16(11-15)24-21(26)29-12-13(2)3/h6-11,13H,5,12H2,1-4H3,(H,23,25)(H,24,26). The van der Waals surface area contributed by atoms with Crippen LogP contribution in [-0.4, -0.2) is 32.3 Å². The van der Waals surface area contributed by atoms with Gasteiger partial charge in [0.25, 0.3) is 5.91 Å². The van der Waals surface area contributed by atoms with E-state index in [4.69, 9.17) is 25.8 Å². The van der Waals surface area contributed by atoms with E-state index < -0.39 is 6.09 Å². The van der Waals surface area contributed by atoms with Gasteiger partial charge in [-0.3, -0.25) is 10.1 Å². The summed E-state index contributed by atoms with van der Waals surface area (Å²) in [5.74, 6) is 0.615. The third kappa shape index (κ3) is 6.57. The Labute approximate surface area is 175 Å². The number of carbonyl (C=O) groups excluding carboxylic acids is 2. The summed E-state index contributed by atoms with van der Waals surface area (Å²) in [6.07, 6.45) is -0.551. The van der Waals surface area contributed by atoms with Gasteiger partial charge in [-0.2, -0.15) is 0 Å². The van der Waals surface area contributed by atoms with E-state index in [-0.39, 0.29) is 16.8 Å². The molecule has 29 heavy (non-hydrogen) atoms. The summed E-state index contributed by atoms with van der Waals surface area (Å²) in [4.78, 5) is 24.4. The molecule has 0 saturated carbocycles. The van der Waals surface area contributed by atoms with Crippen LogP contribution in [-0.2, 0) is 4.74 Å². The molecule has 2 aromatic carbocycles. The molecule has 2 N–H and O–H groups in total. The predicted octanol–water partition coefficient (Wildman–Crippen LogP) is 5.20. The normalized spacial score (nSPS) is 10.4. The number of nitrogens with one attached hydrogen (secondary N) is 2. The highest BCUT2D eigenvalue weighted by atomic mass is 35.5. The van der Waals surface area contributed by atoms with E-state index in [9.17, 15) is 9.59 Å². The maximum Gasteiger partial charge on any atom is 0.411 e. The van der Waals surface area contributed by atoms with Gasteiger partial charge in [0.2, 0.25) is 0 Å². The van der Waals surface area contributed by atoms with Crippen molar-refractivity contribution in [2.24, 2.45) is 5.92 Å². The molecule has 0 saturated heterocycles. The number of ether oxygens (including phenoxy) is 3. The van der Waals surface area contributed by atoms with E-state index in [0.29, 0.717) is 41.7 Å². The Balaban J connectivity index is 2.11. The summed E-state index contributed by atoms with van der Waals surface area (Å²) in [6, 6.07) is 9.80. The van der Waals surface area contributed by atoms with Gasteiger partial charge in [0.15, 0.2) is 11.5 Å². The van der Waals surface area contributed by atoms with Gasteiger partial charge in [-0.15, -0.1) is 0 Å². The molecule has 2 rings (SSSR count). The van der Waals surface area contributed by atoms with Crippen molar-refractivity contribution < 1.29 is 23.8 Å². The van der Waals surface area contributed by atoms with Crippen LogP contribution in [0.2, 0.25) is 5.02 Å². The zero-order chi connectivity index (χ0) is 21.4. The maximum absolute atomic E-state index is 12.6. The van der Waals surface area contributed by atoms with Gasteiger partial charge >= 0.3 is 6.09 Å². The Kier molecular flexibility index (Phi) is 8.15. The molecule has 0 unspecified atom stereocenters. The number of hydrogen-bond acceptors (Lipinski definition) is 5. The third-order valence-electron chi connectivity index (χ3n) is 3.69. The molecule has 2 aromatic rings. The number of methoxy groups -OCH3 is 1. The van der Waals surface area contributed by atoms with Crippen LogP contribution in [0.3, 0.4) is 0 Å². The van der Waals surface area contributed by atoms with Crippen LogP contribution in [0.5, 0.6) is 11.5 Å². The molecule has 156 valence electrons. The lowest BCUT2D eigenvalue weighted by atomic mass is 10.1. The van der Waals surface area contributed by atoms with Gasteiger partial charge in [0, 0.05) is 16.9 Å². The SMILES string of the molecule is CCOc1c(Cl)cc(C(=O)Nc2cccc(NC(=O)OCC(C)C)c2)cc1OC. The van der Waals surface area contributed by atoms with Crippen LogP contribution in [0.25, 0.3) is 0 Å². The average Bonchev–Trinajstić information content (AvgIpc) is 2.68. The lowest BCUT2D eigenvalue weighted by Gasteiger charge is -2.13. The van der Waals surface area contributed by atoms with Crippen molar-refractivity contribution in [3.63, 3.8) is 0 Å². The van der Waals surface area contributed by atoms with Crippen LogP contribution in [0, 0.1) is 5.92 Å². The minimum absolute atomic E-state index is 0.240. The molecule has 2 amide bonds. The van der Waals surface area contributed by atoms with E-state index in [1.54, 1.807) is 30.3 Å². The van der Waals surface area contributed by atoms with Crippen molar-refractivity contribution in [1.29, 1.82) is 0 Å². The molecule has 0 bridgehead atoms. The summed E-state index contributed by atoms with van der Waals surface area (Å²) >= 11 is 6.23. The first kappa shape index (κ1) is 22.4. The van der Waals surface area contributed by atoms with Gasteiger partial charge in [0.05, 0.1) is 25.3 Å². The Morgan fingerprint density at radius 1 is 1.10 bits per heavy atom. The topological polar surface area (TPSA) is 85.9 Å².